The van der Waals surface area contributed by atoms with E-state index in [9.17, 15) is 0 Å². The maximum atomic E-state index is 5.15. The Morgan fingerprint density at radius 1 is 1.29 bits per heavy atom. The summed E-state index contributed by atoms with van der Waals surface area (Å²) in [5.41, 5.74) is 0.403. The number of hydrogen-bond donors (Lipinski definition) is 2. The molecule has 1 aliphatic rings. The van der Waals surface area contributed by atoms with Crippen molar-refractivity contribution in [3.63, 3.8) is 0 Å². The van der Waals surface area contributed by atoms with Gasteiger partial charge in [0.05, 0.1) is 0 Å². The van der Waals surface area contributed by atoms with Gasteiger partial charge in [-0.3, -0.25) is 4.99 Å². The Morgan fingerprint density at radius 2 is 2.04 bits per heavy atom. The van der Waals surface area contributed by atoms with Crippen LogP contribution in [0.15, 0.2) is 9.52 Å². The molecule has 136 valence electrons. The first kappa shape index (κ1) is 18.7. The largest absolute Gasteiger partial charge is 0.357 e. The lowest BCUT2D eigenvalue weighted by molar-refractivity contribution is 0.245. The minimum absolute atomic E-state index is 0.403. The summed E-state index contributed by atoms with van der Waals surface area (Å²) in [6, 6.07) is 0. The zero-order chi connectivity index (χ0) is 17.4. The van der Waals surface area contributed by atoms with Crippen molar-refractivity contribution in [2.75, 3.05) is 19.6 Å². The second-order valence-corrected chi connectivity index (χ2v) is 7.41. The molecule has 0 unspecified atom stereocenters. The predicted octanol–water partition coefficient (Wildman–Crippen LogP) is 3.08. The summed E-state index contributed by atoms with van der Waals surface area (Å²) in [5, 5.41) is 10.5. The van der Waals surface area contributed by atoms with Gasteiger partial charge in [-0.15, -0.1) is 0 Å². The highest BCUT2D eigenvalue weighted by molar-refractivity contribution is 5.79. The highest BCUT2D eigenvalue weighted by Crippen LogP contribution is 2.43. The molecule has 0 aliphatic heterocycles. The Morgan fingerprint density at radius 3 is 2.62 bits per heavy atom. The Hall–Kier alpha value is -1.59. The fraction of sp³-hybridized carbons (Fsp3) is 0.833. The van der Waals surface area contributed by atoms with Gasteiger partial charge in [0.1, 0.15) is 0 Å². The van der Waals surface area contributed by atoms with Crippen molar-refractivity contribution in [3.8, 4) is 0 Å². The molecular formula is C18H33N5O. The maximum absolute atomic E-state index is 5.15. The van der Waals surface area contributed by atoms with Gasteiger partial charge in [0.15, 0.2) is 11.8 Å². The van der Waals surface area contributed by atoms with Crippen LogP contribution in [-0.4, -0.2) is 35.7 Å². The van der Waals surface area contributed by atoms with E-state index in [0.29, 0.717) is 23.6 Å². The van der Waals surface area contributed by atoms with Crippen molar-refractivity contribution in [3.05, 3.63) is 11.7 Å². The summed E-state index contributed by atoms with van der Waals surface area (Å²) in [6.45, 7) is 11.1. The van der Waals surface area contributed by atoms with Gasteiger partial charge in [0, 0.05) is 26.1 Å². The first-order chi connectivity index (χ1) is 11.5. The summed E-state index contributed by atoms with van der Waals surface area (Å²) >= 11 is 0. The second kappa shape index (κ2) is 9.04. The van der Waals surface area contributed by atoms with Crippen LogP contribution < -0.4 is 10.6 Å². The monoisotopic (exact) mass is 335 g/mol. The molecule has 0 radical (unpaired) electrons. The number of hydrogen-bond acceptors (Lipinski definition) is 4. The second-order valence-electron chi connectivity index (χ2n) is 7.41. The molecule has 2 rings (SSSR count). The lowest BCUT2D eigenvalue weighted by Crippen LogP contribution is -2.39. The third kappa shape index (κ3) is 5.80. The molecule has 1 aliphatic carbocycles. The Balaban J connectivity index is 1.88. The van der Waals surface area contributed by atoms with E-state index in [1.54, 1.807) is 0 Å². The molecule has 0 saturated heterocycles. The highest BCUT2D eigenvalue weighted by Gasteiger charge is 2.34. The van der Waals surface area contributed by atoms with Crippen LogP contribution in [0.1, 0.15) is 64.6 Å². The summed E-state index contributed by atoms with van der Waals surface area (Å²) in [5.74, 6) is 2.98. The van der Waals surface area contributed by atoms with Crippen molar-refractivity contribution in [2.24, 2.45) is 16.3 Å². The van der Waals surface area contributed by atoms with Gasteiger partial charge >= 0.3 is 0 Å². The van der Waals surface area contributed by atoms with Crippen LogP contribution in [0.25, 0.3) is 0 Å². The van der Waals surface area contributed by atoms with E-state index in [1.165, 1.54) is 32.1 Å². The van der Waals surface area contributed by atoms with Crippen molar-refractivity contribution < 1.29 is 4.52 Å². The van der Waals surface area contributed by atoms with E-state index in [1.807, 2.05) is 6.92 Å². The molecule has 1 heterocycles. The van der Waals surface area contributed by atoms with E-state index < -0.39 is 0 Å². The molecule has 1 aromatic heterocycles. The molecule has 0 aromatic carbocycles. The van der Waals surface area contributed by atoms with Crippen LogP contribution >= 0.6 is 0 Å². The Bertz CT molecular complexity index is 517. The molecule has 1 aromatic rings. The van der Waals surface area contributed by atoms with Gasteiger partial charge in [-0.05, 0) is 44.4 Å². The van der Waals surface area contributed by atoms with Crippen LogP contribution in [0, 0.1) is 18.3 Å². The van der Waals surface area contributed by atoms with Crippen LogP contribution in [0.2, 0.25) is 0 Å². The zero-order valence-corrected chi connectivity index (χ0v) is 15.7. The molecule has 6 heteroatoms. The van der Waals surface area contributed by atoms with Crippen molar-refractivity contribution >= 4 is 5.96 Å². The van der Waals surface area contributed by atoms with Crippen LogP contribution in [-0.2, 0) is 6.42 Å². The molecule has 0 spiro atoms. The van der Waals surface area contributed by atoms with Gasteiger partial charge < -0.3 is 15.2 Å². The third-order valence-corrected chi connectivity index (χ3v) is 4.62. The topological polar surface area (TPSA) is 75.3 Å². The quantitative estimate of drug-likeness (QED) is 0.564. The summed E-state index contributed by atoms with van der Waals surface area (Å²) in [6.07, 6.45) is 7.32. The Labute approximate surface area is 145 Å². The molecule has 2 N–H and O–H groups in total. The number of aromatic nitrogens is 2. The molecule has 24 heavy (non-hydrogen) atoms. The number of aryl methyl sites for hydroxylation is 1. The highest BCUT2D eigenvalue weighted by atomic mass is 16.5. The number of nitrogens with one attached hydrogen (secondary N) is 2. The van der Waals surface area contributed by atoms with Gasteiger partial charge in [-0.25, -0.2) is 0 Å². The fourth-order valence-corrected chi connectivity index (χ4v) is 3.74. The molecule has 1 fully saturated rings. The van der Waals surface area contributed by atoms with E-state index in [2.05, 4.69) is 41.5 Å². The lowest BCUT2D eigenvalue weighted by Gasteiger charge is -2.29. The molecule has 0 bridgehead atoms. The van der Waals surface area contributed by atoms with Gasteiger partial charge in [-0.1, -0.05) is 31.8 Å². The normalized spacial score (nSPS) is 17.5. The lowest BCUT2D eigenvalue weighted by atomic mass is 9.78. The minimum atomic E-state index is 0.403. The predicted molar refractivity (Wildman–Crippen MR) is 97.1 cm³/mol. The first-order valence-corrected chi connectivity index (χ1v) is 9.34. The minimum Gasteiger partial charge on any atom is -0.357 e. The summed E-state index contributed by atoms with van der Waals surface area (Å²) < 4.78 is 5.15. The zero-order valence-electron chi connectivity index (χ0n) is 15.7. The van der Waals surface area contributed by atoms with Crippen molar-refractivity contribution in [1.82, 2.24) is 20.8 Å². The van der Waals surface area contributed by atoms with Gasteiger partial charge in [-0.2, -0.15) is 4.98 Å². The number of nitrogens with zero attached hydrogens (tertiary/aromatic N) is 3. The average Bonchev–Trinajstić information content (AvgIpc) is 3.14. The molecule has 0 amide bonds. The van der Waals surface area contributed by atoms with Crippen molar-refractivity contribution in [2.45, 2.75) is 66.2 Å². The fourth-order valence-electron chi connectivity index (χ4n) is 3.74. The average molecular weight is 335 g/mol. The standard InChI is InChI=1S/C18H33N5O/c1-5-19-17(20-11-8-16-22-15(4)23-24-16)21-13-18(12-14(2)3)9-6-7-10-18/h14H,5-13H2,1-4H3,(H2,19,20,21). The molecule has 6 nitrogen and oxygen atoms in total. The molecular weight excluding hydrogens is 302 g/mol. The smallest absolute Gasteiger partial charge is 0.228 e. The SMILES string of the molecule is CCNC(=NCC1(CC(C)C)CCCC1)NCCc1nc(C)no1. The van der Waals surface area contributed by atoms with Crippen molar-refractivity contribution in [1.29, 1.82) is 0 Å². The summed E-state index contributed by atoms with van der Waals surface area (Å²) in [4.78, 5) is 9.11. The van der Waals surface area contributed by atoms with E-state index in [4.69, 9.17) is 9.52 Å². The number of guanidine groups is 1. The first-order valence-electron chi connectivity index (χ1n) is 9.34. The van der Waals surface area contributed by atoms with E-state index >= 15 is 0 Å². The molecule has 0 atom stereocenters. The number of aliphatic imine (C=N–C) groups is 1. The van der Waals surface area contributed by atoms with Crippen LogP contribution in [0.4, 0.5) is 0 Å². The maximum Gasteiger partial charge on any atom is 0.228 e. The van der Waals surface area contributed by atoms with Gasteiger partial charge in [0.25, 0.3) is 0 Å². The van der Waals surface area contributed by atoms with E-state index in [-0.39, 0.29) is 0 Å². The third-order valence-electron chi connectivity index (χ3n) is 4.62. The van der Waals surface area contributed by atoms with E-state index in [0.717, 1.165) is 31.5 Å². The van der Waals surface area contributed by atoms with Crippen LogP contribution in [0.5, 0.6) is 0 Å². The summed E-state index contributed by atoms with van der Waals surface area (Å²) in [7, 11) is 0. The van der Waals surface area contributed by atoms with Gasteiger partial charge in [0.2, 0.25) is 5.89 Å². The van der Waals surface area contributed by atoms with Crippen LogP contribution in [0.3, 0.4) is 0 Å². The molecule has 1 saturated carbocycles. The Kier molecular flexibility index (Phi) is 7.06. The number of rotatable bonds is 8.